The first kappa shape index (κ1) is 14.5. The molecule has 5 rings (SSSR count). The molecule has 0 unspecified atom stereocenters. The zero-order valence-electron chi connectivity index (χ0n) is 13.9. The Labute approximate surface area is 145 Å². The maximum Gasteiger partial charge on any atom is 0.155 e. The molecule has 25 heavy (non-hydrogen) atoms. The summed E-state index contributed by atoms with van der Waals surface area (Å²) in [6.07, 6.45) is 10.7. The van der Waals surface area contributed by atoms with Gasteiger partial charge in [-0.05, 0) is 49.8 Å². The second kappa shape index (κ2) is 5.91. The van der Waals surface area contributed by atoms with E-state index in [0.29, 0.717) is 12.5 Å². The highest BCUT2D eigenvalue weighted by molar-refractivity contribution is 5.50. The maximum atomic E-state index is 4.83. The molecule has 1 saturated carbocycles. The number of aromatic nitrogens is 6. The molecule has 0 spiro atoms. The number of aryl methyl sites for hydroxylation is 1. The van der Waals surface area contributed by atoms with Crippen LogP contribution >= 0.6 is 0 Å². The quantitative estimate of drug-likeness (QED) is 0.772. The molecule has 7 nitrogen and oxygen atoms in total. The molecular formula is C18H19N7. The minimum Gasteiger partial charge on any atom is -0.366 e. The van der Waals surface area contributed by atoms with Crippen LogP contribution in [0.5, 0.6) is 0 Å². The van der Waals surface area contributed by atoms with Crippen molar-refractivity contribution in [2.24, 2.45) is 0 Å². The Morgan fingerprint density at radius 1 is 1.20 bits per heavy atom. The van der Waals surface area contributed by atoms with Crippen molar-refractivity contribution < 1.29 is 0 Å². The van der Waals surface area contributed by atoms with E-state index in [9.17, 15) is 0 Å². The number of nitrogens with one attached hydrogen (secondary N) is 1. The fourth-order valence-electron chi connectivity index (χ4n) is 3.33. The normalized spacial score (nSPS) is 16.0. The van der Waals surface area contributed by atoms with Gasteiger partial charge < -0.3 is 5.32 Å². The second-order valence-electron chi connectivity index (χ2n) is 6.70. The van der Waals surface area contributed by atoms with E-state index in [1.54, 1.807) is 17.2 Å². The molecule has 3 aromatic rings. The average Bonchev–Trinajstić information content (AvgIpc) is 3.15. The van der Waals surface area contributed by atoms with Crippen molar-refractivity contribution in [3.63, 3.8) is 0 Å². The molecule has 2 aliphatic carbocycles. The molecule has 3 aromatic heterocycles. The molecule has 0 bridgehead atoms. The summed E-state index contributed by atoms with van der Waals surface area (Å²) in [5.74, 6) is 3.39. The van der Waals surface area contributed by atoms with Gasteiger partial charge in [-0.25, -0.2) is 24.6 Å². The maximum absolute atomic E-state index is 4.83. The van der Waals surface area contributed by atoms with Gasteiger partial charge in [0.1, 0.15) is 24.3 Å². The standard InChI is InChI=1S/C18H19N7/c1-2-14-15(3-1)23-17(13-4-5-13)24-18(14)21-9-12-6-7-20-16(8-12)25-11-19-10-22-25/h6-8,10-11,13H,1-5,9H2,(H,21,23,24). The van der Waals surface area contributed by atoms with Crippen LogP contribution in [0.15, 0.2) is 31.0 Å². The lowest BCUT2D eigenvalue weighted by atomic mass is 10.2. The molecule has 0 amide bonds. The lowest BCUT2D eigenvalue weighted by molar-refractivity contribution is 0.840. The van der Waals surface area contributed by atoms with E-state index in [2.05, 4.69) is 20.4 Å². The number of nitrogens with zero attached hydrogens (tertiary/aromatic N) is 6. The van der Waals surface area contributed by atoms with Crippen LogP contribution in [0.25, 0.3) is 5.82 Å². The molecule has 7 heteroatoms. The second-order valence-corrected chi connectivity index (χ2v) is 6.70. The smallest absolute Gasteiger partial charge is 0.155 e. The van der Waals surface area contributed by atoms with Crippen LogP contribution in [0.4, 0.5) is 5.82 Å². The minimum atomic E-state index is 0.575. The van der Waals surface area contributed by atoms with E-state index in [1.807, 2.05) is 12.1 Å². The molecule has 3 heterocycles. The molecule has 2 aliphatic rings. The van der Waals surface area contributed by atoms with Crippen LogP contribution in [0.3, 0.4) is 0 Å². The number of pyridine rings is 1. The highest BCUT2D eigenvalue weighted by atomic mass is 15.3. The van der Waals surface area contributed by atoms with Gasteiger partial charge in [0.15, 0.2) is 5.82 Å². The molecule has 0 atom stereocenters. The Bertz CT molecular complexity index is 900. The van der Waals surface area contributed by atoms with Crippen LogP contribution in [-0.4, -0.2) is 29.7 Å². The Morgan fingerprint density at radius 3 is 3.00 bits per heavy atom. The Kier molecular flexibility index (Phi) is 3.43. The van der Waals surface area contributed by atoms with Gasteiger partial charge in [-0.3, -0.25) is 0 Å². The summed E-state index contributed by atoms with van der Waals surface area (Å²) in [5.41, 5.74) is 3.69. The van der Waals surface area contributed by atoms with Crippen LogP contribution in [0.1, 0.15) is 47.8 Å². The van der Waals surface area contributed by atoms with Crippen molar-refractivity contribution >= 4 is 5.82 Å². The first-order chi connectivity index (χ1) is 12.4. The monoisotopic (exact) mass is 333 g/mol. The van der Waals surface area contributed by atoms with E-state index in [1.165, 1.54) is 36.8 Å². The van der Waals surface area contributed by atoms with Gasteiger partial charge in [0.05, 0.1) is 0 Å². The number of rotatable bonds is 5. The molecule has 0 saturated heterocycles. The third-order valence-corrected chi connectivity index (χ3v) is 4.82. The van der Waals surface area contributed by atoms with Crippen molar-refractivity contribution in [1.29, 1.82) is 0 Å². The lowest BCUT2D eigenvalue weighted by Gasteiger charge is -2.12. The lowest BCUT2D eigenvalue weighted by Crippen LogP contribution is -2.09. The van der Waals surface area contributed by atoms with Gasteiger partial charge >= 0.3 is 0 Å². The van der Waals surface area contributed by atoms with Gasteiger partial charge in [-0.1, -0.05) is 0 Å². The largest absolute Gasteiger partial charge is 0.366 e. The SMILES string of the molecule is c1cc(CNc2nc(C3CC3)nc3c2CCC3)cc(-n2cncn2)n1. The molecular weight excluding hydrogens is 314 g/mol. The molecule has 0 aliphatic heterocycles. The molecule has 1 N–H and O–H groups in total. The van der Waals surface area contributed by atoms with Crippen molar-refractivity contribution in [2.45, 2.75) is 44.6 Å². The Morgan fingerprint density at radius 2 is 2.16 bits per heavy atom. The van der Waals surface area contributed by atoms with Gasteiger partial charge in [0.2, 0.25) is 0 Å². The predicted molar refractivity (Wildman–Crippen MR) is 92.5 cm³/mol. The van der Waals surface area contributed by atoms with E-state index in [0.717, 1.165) is 35.9 Å². The third kappa shape index (κ3) is 2.86. The zero-order valence-corrected chi connectivity index (χ0v) is 13.9. The number of anilines is 1. The summed E-state index contributed by atoms with van der Waals surface area (Å²) in [6.45, 7) is 0.706. The fourth-order valence-corrected chi connectivity index (χ4v) is 3.33. The zero-order chi connectivity index (χ0) is 16.6. The van der Waals surface area contributed by atoms with Crippen molar-refractivity contribution in [2.75, 3.05) is 5.32 Å². The number of hydrogen-bond acceptors (Lipinski definition) is 6. The first-order valence-corrected chi connectivity index (χ1v) is 8.80. The van der Waals surface area contributed by atoms with Crippen LogP contribution in [0.2, 0.25) is 0 Å². The minimum absolute atomic E-state index is 0.575. The summed E-state index contributed by atoms with van der Waals surface area (Å²) in [4.78, 5) is 17.9. The Balaban J connectivity index is 1.39. The van der Waals surface area contributed by atoms with Gasteiger partial charge in [0.25, 0.3) is 0 Å². The number of hydrogen-bond donors (Lipinski definition) is 1. The summed E-state index contributed by atoms with van der Waals surface area (Å²) < 4.78 is 1.66. The summed E-state index contributed by atoms with van der Waals surface area (Å²) >= 11 is 0. The summed E-state index contributed by atoms with van der Waals surface area (Å²) in [7, 11) is 0. The van der Waals surface area contributed by atoms with Crippen molar-refractivity contribution in [3.05, 3.63) is 53.6 Å². The van der Waals surface area contributed by atoms with Gasteiger partial charge in [-0.2, -0.15) is 5.10 Å². The summed E-state index contributed by atoms with van der Waals surface area (Å²) in [6, 6.07) is 4.03. The molecule has 1 fully saturated rings. The van der Waals surface area contributed by atoms with Gasteiger partial charge in [0, 0.05) is 29.9 Å². The van der Waals surface area contributed by atoms with E-state index < -0.39 is 0 Å². The molecule has 0 aromatic carbocycles. The fraction of sp³-hybridized carbons (Fsp3) is 0.389. The molecule has 126 valence electrons. The van der Waals surface area contributed by atoms with Gasteiger partial charge in [-0.15, -0.1) is 0 Å². The van der Waals surface area contributed by atoms with E-state index in [4.69, 9.17) is 9.97 Å². The van der Waals surface area contributed by atoms with Crippen LogP contribution < -0.4 is 5.32 Å². The Hall–Kier alpha value is -2.83. The average molecular weight is 333 g/mol. The summed E-state index contributed by atoms with van der Waals surface area (Å²) in [5, 5.41) is 7.67. The topological polar surface area (TPSA) is 81.4 Å². The van der Waals surface area contributed by atoms with E-state index in [-0.39, 0.29) is 0 Å². The molecule has 0 radical (unpaired) electrons. The van der Waals surface area contributed by atoms with Crippen molar-refractivity contribution in [1.82, 2.24) is 29.7 Å². The number of fused-ring (bicyclic) bond motifs is 1. The highest BCUT2D eigenvalue weighted by Gasteiger charge is 2.29. The van der Waals surface area contributed by atoms with Crippen LogP contribution in [-0.2, 0) is 19.4 Å². The van der Waals surface area contributed by atoms with Crippen LogP contribution in [0, 0.1) is 0 Å². The highest BCUT2D eigenvalue weighted by Crippen LogP contribution is 2.40. The van der Waals surface area contributed by atoms with E-state index >= 15 is 0 Å². The predicted octanol–water partition coefficient (Wildman–Crippen LogP) is 2.43. The third-order valence-electron chi connectivity index (χ3n) is 4.82. The van der Waals surface area contributed by atoms with Crippen molar-refractivity contribution in [3.8, 4) is 5.82 Å². The first-order valence-electron chi connectivity index (χ1n) is 8.80.